The summed E-state index contributed by atoms with van der Waals surface area (Å²) < 4.78 is 15.3. The highest BCUT2D eigenvalue weighted by Crippen LogP contribution is 2.19. The molecule has 0 aliphatic heterocycles. The molecule has 1 fully saturated rings. The van der Waals surface area contributed by atoms with Crippen molar-refractivity contribution in [3.05, 3.63) is 0 Å². The van der Waals surface area contributed by atoms with Crippen LogP contribution in [0.1, 0.15) is 12.8 Å². The second-order valence-electron chi connectivity index (χ2n) is 4.01. The number of carboxylic acid groups (broad SMARTS) is 1. The standard InChI is InChI=1S/C11H21NO5/c1-15-4-5-16-6-7-17-8-10(11(13)14)12-9-2-3-9/h9-10,12H,2-8H2,1H3,(H,13,14). The summed E-state index contributed by atoms with van der Waals surface area (Å²) in [6, 6.07) is -0.251. The Hall–Kier alpha value is -0.690. The van der Waals surface area contributed by atoms with Gasteiger partial charge < -0.3 is 19.3 Å². The van der Waals surface area contributed by atoms with Gasteiger partial charge in [-0.1, -0.05) is 0 Å². The number of carbonyl (C=O) groups is 1. The molecule has 1 rings (SSSR count). The number of aliphatic carboxylic acids is 1. The molecule has 6 heteroatoms. The van der Waals surface area contributed by atoms with Gasteiger partial charge in [-0.15, -0.1) is 0 Å². The van der Waals surface area contributed by atoms with Crippen LogP contribution in [-0.4, -0.2) is 63.3 Å². The molecule has 0 aromatic rings. The van der Waals surface area contributed by atoms with E-state index in [1.54, 1.807) is 7.11 Å². The van der Waals surface area contributed by atoms with E-state index in [1.165, 1.54) is 0 Å². The first-order chi connectivity index (χ1) is 8.24. The molecule has 0 amide bonds. The molecular weight excluding hydrogens is 226 g/mol. The SMILES string of the molecule is COCCOCCOCC(NC1CC1)C(=O)O. The van der Waals surface area contributed by atoms with E-state index >= 15 is 0 Å². The molecule has 0 aromatic heterocycles. The number of carboxylic acids is 1. The first-order valence-corrected chi connectivity index (χ1v) is 5.87. The van der Waals surface area contributed by atoms with E-state index < -0.39 is 12.0 Å². The summed E-state index contributed by atoms with van der Waals surface area (Å²) in [5.74, 6) is -0.864. The quantitative estimate of drug-likeness (QED) is 0.495. The summed E-state index contributed by atoms with van der Waals surface area (Å²) in [7, 11) is 1.61. The Kier molecular flexibility index (Phi) is 7.11. The number of ether oxygens (including phenoxy) is 3. The van der Waals surface area contributed by atoms with E-state index in [1.807, 2.05) is 0 Å². The van der Waals surface area contributed by atoms with Gasteiger partial charge in [0, 0.05) is 13.2 Å². The van der Waals surface area contributed by atoms with Crippen LogP contribution < -0.4 is 5.32 Å². The van der Waals surface area contributed by atoms with Crippen molar-refractivity contribution < 1.29 is 24.1 Å². The molecule has 0 aromatic carbocycles. The average molecular weight is 247 g/mol. The molecule has 1 unspecified atom stereocenters. The molecule has 1 atom stereocenters. The van der Waals surface area contributed by atoms with Crippen molar-refractivity contribution >= 4 is 5.97 Å². The van der Waals surface area contributed by atoms with Gasteiger partial charge in [0.2, 0.25) is 0 Å². The lowest BCUT2D eigenvalue weighted by Crippen LogP contribution is -2.42. The van der Waals surface area contributed by atoms with E-state index in [0.717, 1.165) is 12.8 Å². The van der Waals surface area contributed by atoms with Crippen LogP contribution in [0.5, 0.6) is 0 Å². The molecule has 0 bridgehead atoms. The summed E-state index contributed by atoms with van der Waals surface area (Å²) in [5.41, 5.74) is 0. The molecule has 0 heterocycles. The maximum Gasteiger partial charge on any atom is 0.323 e. The van der Waals surface area contributed by atoms with Crippen molar-refractivity contribution in [3.63, 3.8) is 0 Å². The van der Waals surface area contributed by atoms with Crippen LogP contribution in [0.4, 0.5) is 0 Å². The van der Waals surface area contributed by atoms with Gasteiger partial charge in [-0.05, 0) is 12.8 Å². The first kappa shape index (κ1) is 14.4. The minimum atomic E-state index is -0.864. The Labute approximate surface area is 101 Å². The second kappa shape index (κ2) is 8.41. The summed E-state index contributed by atoms with van der Waals surface area (Å²) in [5, 5.41) is 11.9. The molecule has 6 nitrogen and oxygen atoms in total. The molecule has 17 heavy (non-hydrogen) atoms. The Morgan fingerprint density at radius 1 is 1.29 bits per heavy atom. The fourth-order valence-corrected chi connectivity index (χ4v) is 1.29. The molecule has 1 saturated carbocycles. The maximum atomic E-state index is 10.9. The smallest absolute Gasteiger partial charge is 0.323 e. The van der Waals surface area contributed by atoms with Crippen molar-refractivity contribution in [2.24, 2.45) is 0 Å². The summed E-state index contributed by atoms with van der Waals surface area (Å²) in [6.07, 6.45) is 2.12. The average Bonchev–Trinajstić information content (AvgIpc) is 3.10. The molecule has 0 radical (unpaired) electrons. The Morgan fingerprint density at radius 3 is 2.53 bits per heavy atom. The van der Waals surface area contributed by atoms with Crippen molar-refractivity contribution in [1.29, 1.82) is 0 Å². The number of hydrogen-bond donors (Lipinski definition) is 2. The van der Waals surface area contributed by atoms with Crippen LogP contribution in [0, 0.1) is 0 Å². The first-order valence-electron chi connectivity index (χ1n) is 5.87. The normalized spacial score (nSPS) is 17.0. The van der Waals surface area contributed by atoms with E-state index in [-0.39, 0.29) is 6.61 Å². The number of methoxy groups -OCH3 is 1. The Morgan fingerprint density at radius 2 is 1.94 bits per heavy atom. The molecule has 0 spiro atoms. The van der Waals surface area contributed by atoms with Crippen molar-refractivity contribution in [1.82, 2.24) is 5.32 Å². The van der Waals surface area contributed by atoms with Crippen LogP contribution in [0.15, 0.2) is 0 Å². The van der Waals surface area contributed by atoms with Crippen LogP contribution >= 0.6 is 0 Å². The van der Waals surface area contributed by atoms with Crippen LogP contribution in [0.25, 0.3) is 0 Å². The minimum absolute atomic E-state index is 0.180. The number of rotatable bonds is 11. The summed E-state index contributed by atoms with van der Waals surface area (Å²) >= 11 is 0. The van der Waals surface area contributed by atoms with Gasteiger partial charge in [0.25, 0.3) is 0 Å². The largest absolute Gasteiger partial charge is 0.480 e. The Bertz CT molecular complexity index is 220. The molecule has 0 saturated heterocycles. The lowest BCUT2D eigenvalue weighted by Gasteiger charge is -2.14. The van der Waals surface area contributed by atoms with E-state index in [4.69, 9.17) is 19.3 Å². The van der Waals surface area contributed by atoms with E-state index in [2.05, 4.69) is 5.32 Å². The fraction of sp³-hybridized carbons (Fsp3) is 0.909. The topological polar surface area (TPSA) is 77.0 Å². The third-order valence-corrected chi connectivity index (χ3v) is 2.40. The summed E-state index contributed by atoms with van der Waals surface area (Å²) in [6.45, 7) is 2.13. The van der Waals surface area contributed by atoms with E-state index in [0.29, 0.717) is 32.5 Å². The van der Waals surface area contributed by atoms with Gasteiger partial charge in [-0.3, -0.25) is 10.1 Å². The highest BCUT2D eigenvalue weighted by Gasteiger charge is 2.28. The lowest BCUT2D eigenvalue weighted by atomic mass is 10.3. The third-order valence-electron chi connectivity index (χ3n) is 2.40. The van der Waals surface area contributed by atoms with Gasteiger partial charge in [-0.2, -0.15) is 0 Å². The molecular formula is C11H21NO5. The highest BCUT2D eigenvalue weighted by atomic mass is 16.5. The second-order valence-corrected chi connectivity index (χ2v) is 4.01. The lowest BCUT2D eigenvalue weighted by molar-refractivity contribution is -0.141. The van der Waals surface area contributed by atoms with Gasteiger partial charge >= 0.3 is 5.97 Å². The van der Waals surface area contributed by atoms with Crippen LogP contribution in [-0.2, 0) is 19.0 Å². The van der Waals surface area contributed by atoms with Gasteiger partial charge in [0.1, 0.15) is 6.04 Å². The zero-order chi connectivity index (χ0) is 12.5. The molecule has 2 N–H and O–H groups in total. The van der Waals surface area contributed by atoms with Gasteiger partial charge in [0.15, 0.2) is 0 Å². The van der Waals surface area contributed by atoms with Crippen molar-refractivity contribution in [3.8, 4) is 0 Å². The van der Waals surface area contributed by atoms with Gasteiger partial charge in [0.05, 0.1) is 33.0 Å². The highest BCUT2D eigenvalue weighted by molar-refractivity contribution is 5.73. The maximum absolute atomic E-state index is 10.9. The third kappa shape index (κ3) is 7.27. The molecule has 100 valence electrons. The fourth-order valence-electron chi connectivity index (χ4n) is 1.29. The van der Waals surface area contributed by atoms with Crippen molar-refractivity contribution in [2.75, 3.05) is 40.1 Å². The van der Waals surface area contributed by atoms with Gasteiger partial charge in [-0.25, -0.2) is 0 Å². The molecule has 1 aliphatic carbocycles. The monoisotopic (exact) mass is 247 g/mol. The predicted octanol–water partition coefficient (Wildman–Crippen LogP) is -0.129. The van der Waals surface area contributed by atoms with E-state index in [9.17, 15) is 4.79 Å². The van der Waals surface area contributed by atoms with Crippen LogP contribution in [0.2, 0.25) is 0 Å². The summed E-state index contributed by atoms with van der Waals surface area (Å²) in [4.78, 5) is 10.9. The Balaban J connectivity index is 1.96. The number of hydrogen-bond acceptors (Lipinski definition) is 5. The molecule has 1 aliphatic rings. The predicted molar refractivity (Wildman–Crippen MR) is 61.1 cm³/mol. The minimum Gasteiger partial charge on any atom is -0.480 e. The zero-order valence-electron chi connectivity index (χ0n) is 10.2. The number of nitrogens with one attached hydrogen (secondary N) is 1. The zero-order valence-corrected chi connectivity index (χ0v) is 10.2. The van der Waals surface area contributed by atoms with Crippen molar-refractivity contribution in [2.45, 2.75) is 24.9 Å². The van der Waals surface area contributed by atoms with Crippen LogP contribution in [0.3, 0.4) is 0 Å².